The molecule has 5 heteroatoms. The van der Waals surface area contributed by atoms with Crippen LogP contribution in [-0.2, 0) is 11.2 Å². The molecule has 4 N–H and O–H groups in total. The molecule has 5 nitrogen and oxygen atoms in total. The second kappa shape index (κ2) is 4.87. The lowest BCUT2D eigenvalue weighted by Gasteiger charge is -2.19. The molecule has 1 aromatic rings. The van der Waals surface area contributed by atoms with Gasteiger partial charge in [-0.3, -0.25) is 0 Å². The Morgan fingerprint density at radius 2 is 2.19 bits per heavy atom. The van der Waals surface area contributed by atoms with Crippen molar-refractivity contribution in [2.75, 3.05) is 6.61 Å². The summed E-state index contributed by atoms with van der Waals surface area (Å²) in [6.07, 6.45) is 0.578. The third kappa shape index (κ3) is 2.88. The van der Waals surface area contributed by atoms with Crippen molar-refractivity contribution in [3.8, 4) is 0 Å². The van der Waals surface area contributed by atoms with E-state index < -0.39 is 18.1 Å². The topological polar surface area (TPSA) is 101 Å². The number of carbonyl (C=O) groups excluding carboxylic acids is 1. The predicted molar refractivity (Wildman–Crippen MR) is 57.2 cm³/mol. The normalized spacial score (nSPS) is 14.1. The maximum atomic E-state index is 10.7. The first kappa shape index (κ1) is 12.4. The van der Waals surface area contributed by atoms with Gasteiger partial charge in [0.2, 0.25) is 0 Å². The molecule has 0 aromatic heterocycles. The molecule has 0 unspecified atom stereocenters. The molecule has 1 aromatic carbocycles. The van der Waals surface area contributed by atoms with E-state index in [2.05, 4.69) is 0 Å². The van der Waals surface area contributed by atoms with Crippen molar-refractivity contribution in [1.82, 2.24) is 0 Å². The van der Waals surface area contributed by atoms with E-state index in [9.17, 15) is 9.59 Å². The van der Waals surface area contributed by atoms with E-state index >= 15 is 0 Å². The highest BCUT2D eigenvalue weighted by Crippen LogP contribution is 2.11. The Bertz CT molecular complexity index is 405. The molecule has 0 aliphatic heterocycles. The number of hydrogen-bond acceptors (Lipinski definition) is 4. The van der Waals surface area contributed by atoms with Crippen molar-refractivity contribution in [3.63, 3.8) is 0 Å². The number of benzene rings is 1. The quantitative estimate of drug-likeness (QED) is 0.601. The molecule has 0 saturated carbocycles. The van der Waals surface area contributed by atoms with Gasteiger partial charge < -0.3 is 20.7 Å². The Labute approximate surface area is 92.5 Å². The van der Waals surface area contributed by atoms with Gasteiger partial charge in [-0.05, 0) is 24.1 Å². The van der Waals surface area contributed by atoms with Crippen LogP contribution in [0.2, 0.25) is 0 Å². The van der Waals surface area contributed by atoms with Crippen molar-refractivity contribution in [1.29, 1.82) is 0 Å². The van der Waals surface area contributed by atoms with E-state index in [0.717, 1.165) is 0 Å². The average molecular weight is 223 g/mol. The number of carboxylic acid groups (broad SMARTS) is 1. The molecular formula is C11H13NO4. The lowest BCUT2D eigenvalue weighted by atomic mass is 9.93. The summed E-state index contributed by atoms with van der Waals surface area (Å²) >= 11 is 0. The number of rotatable bonds is 5. The van der Waals surface area contributed by atoms with Crippen LogP contribution in [0.5, 0.6) is 0 Å². The van der Waals surface area contributed by atoms with E-state index in [1.807, 2.05) is 0 Å². The summed E-state index contributed by atoms with van der Waals surface area (Å²) in [7, 11) is 0. The first-order chi connectivity index (χ1) is 7.50. The van der Waals surface area contributed by atoms with Gasteiger partial charge in [0.1, 0.15) is 6.29 Å². The smallest absolute Gasteiger partial charge is 0.335 e. The Hall–Kier alpha value is -1.72. The van der Waals surface area contributed by atoms with Crippen LogP contribution in [0.25, 0.3) is 0 Å². The molecule has 86 valence electrons. The fraction of sp³-hybridized carbons (Fsp3) is 0.273. The molecule has 0 amide bonds. The number of carboxylic acids is 1. The fourth-order valence-corrected chi connectivity index (χ4v) is 1.33. The van der Waals surface area contributed by atoms with Crippen LogP contribution >= 0.6 is 0 Å². The maximum absolute atomic E-state index is 10.7. The van der Waals surface area contributed by atoms with E-state index in [0.29, 0.717) is 11.8 Å². The highest BCUT2D eigenvalue weighted by Gasteiger charge is 2.23. The number of hydrogen-bond donors (Lipinski definition) is 3. The van der Waals surface area contributed by atoms with E-state index in [1.165, 1.54) is 12.1 Å². The number of aldehydes is 1. The monoisotopic (exact) mass is 223 g/mol. The van der Waals surface area contributed by atoms with E-state index in [1.54, 1.807) is 12.1 Å². The largest absolute Gasteiger partial charge is 0.478 e. The van der Waals surface area contributed by atoms with Gasteiger partial charge in [0.05, 0.1) is 17.7 Å². The van der Waals surface area contributed by atoms with Crippen LogP contribution in [-0.4, -0.2) is 34.6 Å². The summed E-state index contributed by atoms with van der Waals surface area (Å²) in [5.41, 5.74) is 4.97. The van der Waals surface area contributed by atoms with Crippen molar-refractivity contribution in [2.24, 2.45) is 5.73 Å². The molecule has 0 fully saturated rings. The molecule has 0 spiro atoms. The third-order valence-corrected chi connectivity index (χ3v) is 2.24. The Balaban J connectivity index is 2.93. The van der Waals surface area contributed by atoms with E-state index in [-0.39, 0.29) is 12.0 Å². The third-order valence-electron chi connectivity index (χ3n) is 2.24. The Kier molecular flexibility index (Phi) is 3.76. The first-order valence-corrected chi connectivity index (χ1v) is 4.69. The van der Waals surface area contributed by atoms with Gasteiger partial charge in [-0.25, -0.2) is 4.79 Å². The molecular weight excluding hydrogens is 210 g/mol. The zero-order valence-electron chi connectivity index (χ0n) is 8.59. The number of aromatic carboxylic acids is 1. The van der Waals surface area contributed by atoms with Crippen LogP contribution in [0.3, 0.4) is 0 Å². The number of carbonyl (C=O) groups is 2. The standard InChI is InChI=1S/C11H13NO4/c12-11(6-13,7-14)5-8-2-1-3-9(4-8)10(15)16/h1-4,6,14H,5,7,12H2,(H,15,16)/t11-/m0/s1. The summed E-state index contributed by atoms with van der Waals surface area (Å²) < 4.78 is 0. The second-order valence-corrected chi connectivity index (χ2v) is 3.69. The molecule has 1 rings (SSSR count). The van der Waals surface area contributed by atoms with Gasteiger partial charge in [-0.15, -0.1) is 0 Å². The Morgan fingerprint density at radius 1 is 1.50 bits per heavy atom. The minimum atomic E-state index is -1.35. The van der Waals surface area contributed by atoms with Gasteiger partial charge in [0.25, 0.3) is 0 Å². The summed E-state index contributed by atoms with van der Waals surface area (Å²) in [4.78, 5) is 21.4. The van der Waals surface area contributed by atoms with E-state index in [4.69, 9.17) is 15.9 Å². The molecule has 0 heterocycles. The van der Waals surface area contributed by atoms with Crippen LogP contribution < -0.4 is 5.73 Å². The SMILES string of the molecule is N[C@@](C=O)(CO)Cc1cccc(C(=O)O)c1. The molecule has 16 heavy (non-hydrogen) atoms. The average Bonchev–Trinajstić information content (AvgIpc) is 2.29. The van der Waals surface area contributed by atoms with Crippen LogP contribution in [0, 0.1) is 0 Å². The van der Waals surface area contributed by atoms with Gasteiger partial charge >= 0.3 is 5.97 Å². The van der Waals surface area contributed by atoms with Crippen molar-refractivity contribution < 1.29 is 19.8 Å². The predicted octanol–water partition coefficient (Wildman–Crippen LogP) is -0.184. The number of aliphatic hydroxyl groups is 1. The highest BCUT2D eigenvalue weighted by molar-refractivity contribution is 5.87. The first-order valence-electron chi connectivity index (χ1n) is 4.69. The maximum Gasteiger partial charge on any atom is 0.335 e. The van der Waals surface area contributed by atoms with Gasteiger partial charge in [-0.2, -0.15) is 0 Å². The fourth-order valence-electron chi connectivity index (χ4n) is 1.33. The minimum Gasteiger partial charge on any atom is -0.478 e. The molecule has 0 saturated heterocycles. The van der Waals surface area contributed by atoms with Crippen LogP contribution in [0.15, 0.2) is 24.3 Å². The van der Waals surface area contributed by atoms with Gasteiger partial charge in [0.15, 0.2) is 0 Å². The zero-order valence-corrected chi connectivity index (χ0v) is 8.59. The minimum absolute atomic E-state index is 0.105. The summed E-state index contributed by atoms with van der Waals surface area (Å²) in [6, 6.07) is 6.11. The summed E-state index contributed by atoms with van der Waals surface area (Å²) in [5, 5.41) is 17.7. The van der Waals surface area contributed by atoms with Crippen molar-refractivity contribution >= 4 is 12.3 Å². The molecule has 0 aliphatic carbocycles. The van der Waals surface area contributed by atoms with Crippen LogP contribution in [0.1, 0.15) is 15.9 Å². The zero-order chi connectivity index (χ0) is 12.2. The number of aliphatic hydroxyl groups excluding tert-OH is 1. The second-order valence-electron chi connectivity index (χ2n) is 3.69. The molecule has 1 atom stereocenters. The lowest BCUT2D eigenvalue weighted by Crippen LogP contribution is -2.47. The Morgan fingerprint density at radius 3 is 2.69 bits per heavy atom. The van der Waals surface area contributed by atoms with Gasteiger partial charge in [-0.1, -0.05) is 12.1 Å². The van der Waals surface area contributed by atoms with Gasteiger partial charge in [0, 0.05) is 0 Å². The number of nitrogens with two attached hydrogens (primary N) is 1. The lowest BCUT2D eigenvalue weighted by molar-refractivity contribution is -0.113. The summed E-state index contributed by atoms with van der Waals surface area (Å²) in [5.74, 6) is -1.04. The van der Waals surface area contributed by atoms with Crippen molar-refractivity contribution in [3.05, 3.63) is 35.4 Å². The molecule has 0 bridgehead atoms. The van der Waals surface area contributed by atoms with Crippen molar-refractivity contribution in [2.45, 2.75) is 12.0 Å². The molecule has 0 aliphatic rings. The molecule has 0 radical (unpaired) electrons. The summed E-state index contributed by atoms with van der Waals surface area (Å²) in [6.45, 7) is -0.478. The highest BCUT2D eigenvalue weighted by atomic mass is 16.4. The van der Waals surface area contributed by atoms with Crippen LogP contribution in [0.4, 0.5) is 0 Å².